The Morgan fingerprint density at radius 3 is 2.45 bits per heavy atom. The van der Waals surface area contributed by atoms with E-state index in [1.54, 1.807) is 10.4 Å². The fourth-order valence-electron chi connectivity index (χ4n) is 2.69. The third kappa shape index (κ3) is 2.65. The average molecular weight is 315 g/mol. The monoisotopic (exact) mass is 315 g/mol. The van der Waals surface area contributed by atoms with Crippen molar-refractivity contribution in [3.05, 3.63) is 16.5 Å². The van der Waals surface area contributed by atoms with Gasteiger partial charge in [-0.25, -0.2) is 8.42 Å². The van der Waals surface area contributed by atoms with Crippen LogP contribution in [0.1, 0.15) is 23.3 Å². The molecule has 0 unspecified atom stereocenters. The molecule has 2 aliphatic rings. The molecule has 112 valence electrons. The van der Waals surface area contributed by atoms with Crippen LogP contribution in [0.4, 0.5) is 0 Å². The molecule has 1 aliphatic heterocycles. The highest BCUT2D eigenvalue weighted by Crippen LogP contribution is 2.31. The average Bonchev–Trinajstić information content (AvgIpc) is 3.22. The van der Waals surface area contributed by atoms with Crippen LogP contribution < -0.4 is 5.73 Å². The summed E-state index contributed by atoms with van der Waals surface area (Å²) >= 11 is 1.31. The van der Waals surface area contributed by atoms with Gasteiger partial charge in [-0.1, -0.05) is 0 Å². The maximum Gasteiger partial charge on any atom is 0.252 e. The van der Waals surface area contributed by atoms with Crippen LogP contribution in [0.3, 0.4) is 0 Å². The highest BCUT2D eigenvalue weighted by molar-refractivity contribution is 7.91. The summed E-state index contributed by atoms with van der Waals surface area (Å²) in [5, 5.41) is 0. The van der Waals surface area contributed by atoms with Gasteiger partial charge in [-0.3, -0.25) is 4.90 Å². The fraction of sp³-hybridized carbons (Fsp3) is 0.692. The van der Waals surface area contributed by atoms with Crippen molar-refractivity contribution < 1.29 is 8.42 Å². The highest BCUT2D eigenvalue weighted by atomic mass is 32.2. The van der Waals surface area contributed by atoms with Gasteiger partial charge in [0.2, 0.25) is 0 Å². The molecule has 0 spiro atoms. The van der Waals surface area contributed by atoms with Crippen molar-refractivity contribution in [1.82, 2.24) is 9.21 Å². The van der Waals surface area contributed by atoms with Crippen LogP contribution >= 0.6 is 11.3 Å². The summed E-state index contributed by atoms with van der Waals surface area (Å²) in [6.45, 7) is 5.25. The number of aryl methyl sites for hydroxylation is 1. The molecule has 7 heteroatoms. The highest BCUT2D eigenvalue weighted by Gasteiger charge is 2.35. The molecule has 0 aromatic carbocycles. The summed E-state index contributed by atoms with van der Waals surface area (Å²) < 4.78 is 27.3. The van der Waals surface area contributed by atoms with Crippen LogP contribution in [0.5, 0.6) is 0 Å². The molecule has 0 bridgehead atoms. The van der Waals surface area contributed by atoms with Crippen LogP contribution in [-0.2, 0) is 16.6 Å². The van der Waals surface area contributed by atoms with Crippen molar-refractivity contribution in [2.75, 3.05) is 26.2 Å². The Bertz CT molecular complexity index is 585. The zero-order valence-electron chi connectivity index (χ0n) is 11.7. The van der Waals surface area contributed by atoms with Gasteiger partial charge in [0.1, 0.15) is 4.21 Å². The Hall–Kier alpha value is -0.470. The topological polar surface area (TPSA) is 66.6 Å². The van der Waals surface area contributed by atoms with Gasteiger partial charge < -0.3 is 5.73 Å². The fourth-order valence-corrected chi connectivity index (χ4v) is 5.74. The molecule has 1 aromatic rings. The molecule has 2 N–H and O–H groups in total. The van der Waals surface area contributed by atoms with Gasteiger partial charge in [0.05, 0.1) is 0 Å². The number of hydrogen-bond acceptors (Lipinski definition) is 5. The maximum absolute atomic E-state index is 12.6. The number of hydrogen-bond donors (Lipinski definition) is 1. The second-order valence-electron chi connectivity index (χ2n) is 5.55. The van der Waals surface area contributed by atoms with E-state index in [4.69, 9.17) is 5.73 Å². The summed E-state index contributed by atoms with van der Waals surface area (Å²) in [5.41, 5.74) is 6.62. The quantitative estimate of drug-likeness (QED) is 0.899. The molecule has 20 heavy (non-hydrogen) atoms. The zero-order valence-corrected chi connectivity index (χ0v) is 13.3. The number of rotatable bonds is 4. The maximum atomic E-state index is 12.6. The summed E-state index contributed by atoms with van der Waals surface area (Å²) in [6.07, 6.45) is 2.55. The molecule has 1 saturated carbocycles. The summed E-state index contributed by atoms with van der Waals surface area (Å²) in [6, 6.07) is 2.47. The molecule has 2 heterocycles. The lowest BCUT2D eigenvalue weighted by molar-refractivity contribution is 0.181. The van der Waals surface area contributed by atoms with E-state index in [-0.39, 0.29) is 0 Å². The van der Waals surface area contributed by atoms with E-state index in [1.807, 2.05) is 6.92 Å². The first-order chi connectivity index (χ1) is 9.52. The number of nitrogens with zero attached hydrogens (tertiary/aromatic N) is 2. The molecule has 3 rings (SSSR count). The third-order valence-electron chi connectivity index (χ3n) is 4.11. The summed E-state index contributed by atoms with van der Waals surface area (Å²) in [5.74, 6) is 0. The molecule has 1 aromatic heterocycles. The van der Waals surface area contributed by atoms with E-state index in [0.29, 0.717) is 29.9 Å². The number of nitrogens with two attached hydrogens (primary N) is 1. The molecule has 1 aliphatic carbocycles. The van der Waals surface area contributed by atoms with E-state index in [1.165, 1.54) is 24.2 Å². The Morgan fingerprint density at radius 2 is 1.95 bits per heavy atom. The summed E-state index contributed by atoms with van der Waals surface area (Å²) in [4.78, 5) is 3.37. The predicted molar refractivity (Wildman–Crippen MR) is 80.3 cm³/mol. The number of piperazine rings is 1. The van der Waals surface area contributed by atoms with Crippen molar-refractivity contribution in [2.45, 2.75) is 36.6 Å². The van der Waals surface area contributed by atoms with Gasteiger partial charge in [0.15, 0.2) is 0 Å². The molecular weight excluding hydrogens is 294 g/mol. The first-order valence-corrected chi connectivity index (χ1v) is 9.31. The van der Waals surface area contributed by atoms with E-state index >= 15 is 0 Å². The van der Waals surface area contributed by atoms with E-state index in [2.05, 4.69) is 4.90 Å². The Morgan fingerprint density at radius 1 is 1.30 bits per heavy atom. The van der Waals surface area contributed by atoms with Crippen molar-refractivity contribution in [3.63, 3.8) is 0 Å². The van der Waals surface area contributed by atoms with Gasteiger partial charge in [0, 0.05) is 43.6 Å². The predicted octanol–water partition coefficient (Wildman–Crippen LogP) is 0.984. The molecule has 0 radical (unpaired) electrons. The first-order valence-electron chi connectivity index (χ1n) is 7.06. The van der Waals surface area contributed by atoms with Gasteiger partial charge in [-0.15, -0.1) is 11.3 Å². The second-order valence-corrected chi connectivity index (χ2v) is 8.85. The standard InChI is InChI=1S/C13H21N3O2S2/c1-10-8-13(19-12(10)9-14)20(17,18)16-6-4-15(5-7-16)11-2-3-11/h8,11H,2-7,9,14H2,1H3. The van der Waals surface area contributed by atoms with Crippen LogP contribution in [-0.4, -0.2) is 49.8 Å². The zero-order chi connectivity index (χ0) is 14.3. The minimum Gasteiger partial charge on any atom is -0.326 e. The van der Waals surface area contributed by atoms with Crippen molar-refractivity contribution >= 4 is 21.4 Å². The van der Waals surface area contributed by atoms with Gasteiger partial charge in [-0.2, -0.15) is 4.31 Å². The van der Waals surface area contributed by atoms with Crippen LogP contribution in [0, 0.1) is 6.92 Å². The first kappa shape index (κ1) is 14.5. The van der Waals surface area contributed by atoms with Gasteiger partial charge >= 0.3 is 0 Å². The molecule has 2 fully saturated rings. The molecule has 5 nitrogen and oxygen atoms in total. The van der Waals surface area contributed by atoms with Crippen LogP contribution in [0.2, 0.25) is 0 Å². The van der Waals surface area contributed by atoms with Crippen molar-refractivity contribution in [2.24, 2.45) is 5.73 Å². The Balaban J connectivity index is 1.74. The minimum absolute atomic E-state index is 0.404. The Kier molecular flexibility index (Phi) is 3.89. The second kappa shape index (κ2) is 5.38. The van der Waals surface area contributed by atoms with Crippen LogP contribution in [0.15, 0.2) is 10.3 Å². The summed E-state index contributed by atoms with van der Waals surface area (Å²) in [7, 11) is -3.33. The SMILES string of the molecule is Cc1cc(S(=O)(=O)N2CCN(C3CC3)CC2)sc1CN. The van der Waals surface area contributed by atoms with Gasteiger partial charge in [-0.05, 0) is 31.4 Å². The third-order valence-corrected chi connectivity index (χ3v) is 7.72. The smallest absolute Gasteiger partial charge is 0.252 e. The number of thiophene rings is 1. The Labute approximate surface area is 124 Å². The van der Waals surface area contributed by atoms with Crippen molar-refractivity contribution in [1.29, 1.82) is 0 Å². The molecular formula is C13H21N3O2S2. The molecule has 0 atom stereocenters. The minimum atomic E-state index is -3.33. The lowest BCUT2D eigenvalue weighted by atomic mass is 10.3. The van der Waals surface area contributed by atoms with E-state index in [0.717, 1.165) is 23.5 Å². The van der Waals surface area contributed by atoms with Gasteiger partial charge in [0.25, 0.3) is 10.0 Å². The normalized spacial score (nSPS) is 22.3. The molecule has 1 saturated heterocycles. The van der Waals surface area contributed by atoms with Crippen molar-refractivity contribution in [3.8, 4) is 0 Å². The molecule has 0 amide bonds. The van der Waals surface area contributed by atoms with Crippen LogP contribution in [0.25, 0.3) is 0 Å². The van der Waals surface area contributed by atoms with E-state index in [9.17, 15) is 8.42 Å². The van der Waals surface area contributed by atoms with E-state index < -0.39 is 10.0 Å². The number of sulfonamides is 1. The lowest BCUT2D eigenvalue weighted by Gasteiger charge is -2.33. The largest absolute Gasteiger partial charge is 0.326 e. The lowest BCUT2D eigenvalue weighted by Crippen LogP contribution is -2.49.